The summed E-state index contributed by atoms with van der Waals surface area (Å²) in [5.74, 6) is 0. The predicted molar refractivity (Wildman–Crippen MR) is 93.1 cm³/mol. The lowest BCUT2D eigenvalue weighted by molar-refractivity contribution is -0.275. The highest BCUT2D eigenvalue weighted by molar-refractivity contribution is 6.67. The minimum absolute atomic E-state index is 0.0538. The first kappa shape index (κ1) is 19.0. The maximum atomic E-state index is 13.9. The molecule has 0 saturated heterocycles. The summed E-state index contributed by atoms with van der Waals surface area (Å²) in [7, 11) is 0. The Bertz CT molecular complexity index is 877. The second kappa shape index (κ2) is 6.76. The molecular formula is C17H9Cl3F3NO2. The van der Waals surface area contributed by atoms with Crippen LogP contribution in [0.3, 0.4) is 0 Å². The van der Waals surface area contributed by atoms with E-state index in [0.29, 0.717) is 5.56 Å². The lowest BCUT2D eigenvalue weighted by Crippen LogP contribution is -2.42. The molecule has 1 heterocycles. The van der Waals surface area contributed by atoms with Gasteiger partial charge in [-0.2, -0.15) is 13.2 Å². The summed E-state index contributed by atoms with van der Waals surface area (Å²) >= 11 is 17.1. The van der Waals surface area contributed by atoms with E-state index in [1.807, 2.05) is 0 Å². The second-order valence-corrected chi connectivity index (χ2v) is 6.86. The topological polar surface area (TPSA) is 38.7 Å². The van der Waals surface area contributed by atoms with Gasteiger partial charge >= 0.3 is 6.18 Å². The normalized spacial score (nSPS) is 19.8. The minimum Gasteiger partial charge on any atom is -0.374 e. The Balaban J connectivity index is 1.99. The van der Waals surface area contributed by atoms with Crippen molar-refractivity contribution in [1.82, 2.24) is 0 Å². The zero-order chi connectivity index (χ0) is 19.1. The minimum atomic E-state index is -4.77. The van der Waals surface area contributed by atoms with Gasteiger partial charge in [-0.3, -0.25) is 4.79 Å². The van der Waals surface area contributed by atoms with Crippen molar-refractivity contribution in [1.29, 1.82) is 0 Å². The highest BCUT2D eigenvalue weighted by atomic mass is 35.5. The van der Waals surface area contributed by atoms with Gasteiger partial charge in [0, 0.05) is 27.6 Å². The number of carbonyl (C=O) groups is 1. The van der Waals surface area contributed by atoms with Gasteiger partial charge in [0.2, 0.25) is 0 Å². The quantitative estimate of drug-likeness (QED) is 0.573. The number of hydrogen-bond donors (Lipinski definition) is 0. The molecule has 2 aromatic carbocycles. The van der Waals surface area contributed by atoms with Gasteiger partial charge in [-0.05, 0) is 47.5 Å². The van der Waals surface area contributed by atoms with E-state index in [4.69, 9.17) is 39.6 Å². The van der Waals surface area contributed by atoms with E-state index in [1.54, 1.807) is 0 Å². The third-order valence-corrected chi connectivity index (χ3v) is 4.61. The van der Waals surface area contributed by atoms with Crippen LogP contribution in [0, 0.1) is 0 Å². The summed E-state index contributed by atoms with van der Waals surface area (Å²) in [6.07, 6.45) is -5.33. The van der Waals surface area contributed by atoms with Crippen molar-refractivity contribution in [2.24, 2.45) is 5.16 Å². The van der Waals surface area contributed by atoms with Crippen LogP contribution >= 0.6 is 34.8 Å². The average Bonchev–Trinajstić information content (AvgIpc) is 3.00. The van der Waals surface area contributed by atoms with Crippen molar-refractivity contribution in [3.05, 3.63) is 69.2 Å². The molecule has 0 amide bonds. The Kier molecular flexibility index (Phi) is 4.94. The number of rotatable bonds is 3. The second-order valence-electron chi connectivity index (χ2n) is 5.64. The summed E-state index contributed by atoms with van der Waals surface area (Å²) in [6, 6.07) is 9.33. The van der Waals surface area contributed by atoms with Gasteiger partial charge in [0.25, 0.3) is 10.8 Å². The fourth-order valence-electron chi connectivity index (χ4n) is 2.64. The van der Waals surface area contributed by atoms with Crippen LogP contribution in [-0.2, 0) is 10.4 Å². The van der Waals surface area contributed by atoms with E-state index in [1.165, 1.54) is 30.3 Å². The molecule has 0 fully saturated rings. The SMILES string of the molecule is O=C(Cl)c1ccc(C2=NOC(c3cc(Cl)cc(Cl)c3)(C(F)(F)F)C2)cc1. The number of oxime groups is 1. The number of hydrogen-bond acceptors (Lipinski definition) is 3. The first-order chi connectivity index (χ1) is 12.1. The van der Waals surface area contributed by atoms with Crippen molar-refractivity contribution in [2.45, 2.75) is 18.2 Å². The molecule has 9 heteroatoms. The summed E-state index contributed by atoms with van der Waals surface area (Å²) in [6.45, 7) is 0. The Labute approximate surface area is 161 Å². The van der Waals surface area contributed by atoms with Gasteiger partial charge in [-0.15, -0.1) is 0 Å². The molecule has 3 nitrogen and oxygen atoms in total. The average molecular weight is 423 g/mol. The number of alkyl halides is 3. The molecular weight excluding hydrogens is 414 g/mol. The first-order valence-corrected chi connectivity index (χ1v) is 8.34. The molecule has 0 aromatic heterocycles. The fourth-order valence-corrected chi connectivity index (χ4v) is 3.29. The van der Waals surface area contributed by atoms with Crippen LogP contribution in [0.4, 0.5) is 13.2 Å². The molecule has 1 aliphatic heterocycles. The number of carbonyl (C=O) groups excluding carboxylic acids is 1. The third kappa shape index (κ3) is 3.41. The van der Waals surface area contributed by atoms with Gasteiger partial charge in [0.15, 0.2) is 0 Å². The third-order valence-electron chi connectivity index (χ3n) is 3.96. The first-order valence-electron chi connectivity index (χ1n) is 7.21. The van der Waals surface area contributed by atoms with Crippen LogP contribution in [0.25, 0.3) is 0 Å². The molecule has 26 heavy (non-hydrogen) atoms. The number of benzene rings is 2. The highest BCUT2D eigenvalue weighted by Crippen LogP contribution is 2.49. The van der Waals surface area contributed by atoms with Gasteiger partial charge < -0.3 is 4.84 Å². The fraction of sp³-hybridized carbons (Fsp3) is 0.176. The van der Waals surface area contributed by atoms with Crippen LogP contribution in [0.15, 0.2) is 47.6 Å². The van der Waals surface area contributed by atoms with Crippen LogP contribution in [-0.4, -0.2) is 17.1 Å². The molecule has 0 spiro atoms. The Hall–Kier alpha value is -1.76. The molecule has 0 N–H and O–H groups in total. The van der Waals surface area contributed by atoms with Crippen molar-refractivity contribution in [2.75, 3.05) is 0 Å². The van der Waals surface area contributed by atoms with Crippen molar-refractivity contribution < 1.29 is 22.8 Å². The van der Waals surface area contributed by atoms with Gasteiger partial charge in [-0.1, -0.05) is 40.5 Å². The molecule has 1 atom stereocenters. The Morgan fingerprint density at radius 2 is 1.65 bits per heavy atom. The van der Waals surface area contributed by atoms with E-state index in [2.05, 4.69) is 5.16 Å². The van der Waals surface area contributed by atoms with Gasteiger partial charge in [-0.25, -0.2) is 0 Å². The van der Waals surface area contributed by atoms with Gasteiger partial charge in [0.05, 0.1) is 5.71 Å². The van der Waals surface area contributed by atoms with Crippen molar-refractivity contribution in [3.63, 3.8) is 0 Å². The maximum Gasteiger partial charge on any atom is 0.435 e. The summed E-state index contributed by atoms with van der Waals surface area (Å²) in [4.78, 5) is 16.0. The lowest BCUT2D eigenvalue weighted by Gasteiger charge is -2.29. The van der Waals surface area contributed by atoms with E-state index < -0.39 is 23.4 Å². The van der Waals surface area contributed by atoms with Crippen LogP contribution in [0.2, 0.25) is 10.0 Å². The highest BCUT2D eigenvalue weighted by Gasteiger charge is 2.62. The summed E-state index contributed by atoms with van der Waals surface area (Å²) in [5.41, 5.74) is -2.26. The summed E-state index contributed by atoms with van der Waals surface area (Å²) < 4.78 is 41.6. The lowest BCUT2D eigenvalue weighted by atomic mass is 9.86. The molecule has 0 bridgehead atoms. The van der Waals surface area contributed by atoms with E-state index in [-0.39, 0.29) is 26.9 Å². The van der Waals surface area contributed by atoms with Gasteiger partial charge in [0.1, 0.15) is 0 Å². The molecule has 0 aliphatic carbocycles. The summed E-state index contributed by atoms with van der Waals surface area (Å²) in [5, 5.41) is 3.07. The maximum absolute atomic E-state index is 13.9. The molecule has 0 radical (unpaired) electrons. The molecule has 0 saturated carbocycles. The Morgan fingerprint density at radius 3 is 2.15 bits per heavy atom. The molecule has 136 valence electrons. The number of halogens is 6. The molecule has 1 unspecified atom stereocenters. The molecule has 2 aromatic rings. The van der Waals surface area contributed by atoms with Crippen LogP contribution in [0.5, 0.6) is 0 Å². The largest absolute Gasteiger partial charge is 0.435 e. The zero-order valence-electron chi connectivity index (χ0n) is 12.8. The Morgan fingerprint density at radius 1 is 1.08 bits per heavy atom. The zero-order valence-corrected chi connectivity index (χ0v) is 15.0. The van der Waals surface area contributed by atoms with E-state index in [0.717, 1.165) is 12.1 Å². The number of nitrogens with zero attached hydrogens (tertiary/aromatic N) is 1. The smallest absolute Gasteiger partial charge is 0.374 e. The van der Waals surface area contributed by atoms with Crippen molar-refractivity contribution in [3.8, 4) is 0 Å². The molecule has 3 rings (SSSR count). The predicted octanol–water partition coefficient (Wildman–Crippen LogP) is 5.95. The molecule has 1 aliphatic rings. The standard InChI is InChI=1S/C17H9Cl3F3NO2/c18-12-5-11(6-13(19)7-12)16(17(21,22)23)8-14(24-26-16)9-1-3-10(4-2-9)15(20)25/h1-7H,8H2. The van der Waals surface area contributed by atoms with E-state index >= 15 is 0 Å². The monoisotopic (exact) mass is 421 g/mol. The van der Waals surface area contributed by atoms with Crippen LogP contribution in [0.1, 0.15) is 27.9 Å². The van der Waals surface area contributed by atoms with Crippen LogP contribution < -0.4 is 0 Å². The van der Waals surface area contributed by atoms with Crippen molar-refractivity contribution >= 4 is 45.8 Å². The van der Waals surface area contributed by atoms with E-state index in [9.17, 15) is 18.0 Å².